The molecule has 0 bridgehead atoms. The van der Waals surface area contributed by atoms with Crippen LogP contribution in [0.3, 0.4) is 0 Å². The molecule has 1 fully saturated rings. The summed E-state index contributed by atoms with van der Waals surface area (Å²) in [7, 11) is -21.1. The van der Waals surface area contributed by atoms with Crippen LogP contribution in [0.5, 0.6) is 11.5 Å². The van der Waals surface area contributed by atoms with Crippen LogP contribution in [-0.4, -0.2) is 138 Å². The van der Waals surface area contributed by atoms with Gasteiger partial charge in [0.2, 0.25) is 11.3 Å². The van der Waals surface area contributed by atoms with Crippen molar-refractivity contribution in [2.24, 2.45) is 4.99 Å². The standard InChI is InChI=1S/C40H54N11O18P3S/c1-4-49-11-5-7-22-13-25-29(15-27(22)49)66-30-16-28-24(14-26(30)47-25)23(19-73(62,63)64)17-40(2,3)51(28)12-6-8-32(52)42-9-10-43-39(54)68-35-31(18-65-72(60,61)69-71(58,59)48-70(55,56)57)67-38(34(35)53)50-21-46-33-36(41)44-20-45-37(33)50/h13-16,20-21,23,31,34-35,38,53H,4-12,17-19H2,1-3H3,(H9-,41,42,43,44,45,48,52,54,55,56,57,58,59,60,61,62,63,64)/p+1/t23?,31-,34-,35-,38-/m1/s1. The number of nitrogen functional groups attached to an aromatic ring is 1. The normalized spacial score (nSPS) is 22.9. The van der Waals surface area contributed by atoms with Crippen molar-refractivity contribution in [3.8, 4) is 11.5 Å². The van der Waals surface area contributed by atoms with E-state index in [2.05, 4.69) is 46.3 Å². The highest BCUT2D eigenvalue weighted by Gasteiger charge is 2.50. The molecule has 4 aliphatic rings. The second kappa shape index (κ2) is 20.9. The number of carbonyl (C=O) groups excluding carboxylic acids is 2. The predicted octanol–water partition coefficient (Wildman–Crippen LogP) is 0.749. The summed E-state index contributed by atoms with van der Waals surface area (Å²) in [6.07, 6.45) is -2.83. The largest absolute Gasteiger partial charge is 0.480 e. The van der Waals surface area contributed by atoms with E-state index in [1.165, 1.54) is 16.5 Å². The van der Waals surface area contributed by atoms with E-state index in [4.69, 9.17) is 39.2 Å². The minimum absolute atomic E-state index is 0.0319. The fourth-order valence-electron chi connectivity index (χ4n) is 9.52. The van der Waals surface area contributed by atoms with Gasteiger partial charge < -0.3 is 60.2 Å². The molecule has 3 unspecified atom stereocenters. The lowest BCUT2D eigenvalue weighted by atomic mass is 9.79. The van der Waals surface area contributed by atoms with Crippen LogP contribution in [0.15, 0.2) is 41.9 Å². The van der Waals surface area contributed by atoms with E-state index < -0.39 is 87.9 Å². The average molecular weight is 1100 g/mol. The third kappa shape index (κ3) is 12.7. The zero-order chi connectivity index (χ0) is 52.8. The molecule has 6 heterocycles. The van der Waals surface area contributed by atoms with Gasteiger partial charge in [-0.15, -0.1) is 4.86 Å². The lowest BCUT2D eigenvalue weighted by Gasteiger charge is -2.48. The number of carbonyl (C=O) groups is 2. The third-order valence-corrected chi connectivity index (χ3v) is 17.6. The molecule has 4 aliphatic heterocycles. The number of alkyl carbamates (subject to hydrolysis) is 1. The lowest BCUT2D eigenvalue weighted by molar-refractivity contribution is -0.121. The predicted molar refractivity (Wildman–Crippen MR) is 256 cm³/mol. The van der Waals surface area contributed by atoms with Crippen molar-refractivity contribution >= 4 is 73.8 Å². The number of hydrogen-bond donors (Lipinski definition) is 10. The highest BCUT2D eigenvalue weighted by molar-refractivity contribution is 7.85. The number of fused-ring (bicyclic) bond motifs is 5. The van der Waals surface area contributed by atoms with Crippen molar-refractivity contribution in [2.45, 2.75) is 88.9 Å². The Balaban J connectivity index is 0.890. The maximum absolute atomic E-state index is 13.1. The molecule has 11 N–H and O–H groups in total. The number of hydrogen-bond acceptors (Lipinski definition) is 19. The maximum Gasteiger partial charge on any atom is 0.480 e. The highest BCUT2D eigenvalue weighted by Crippen LogP contribution is 2.61. The summed E-state index contributed by atoms with van der Waals surface area (Å²) in [6, 6.07) is 7.69. The van der Waals surface area contributed by atoms with E-state index in [1.807, 2.05) is 38.1 Å². The van der Waals surface area contributed by atoms with Crippen LogP contribution in [0.2, 0.25) is 0 Å². The Kier molecular flexibility index (Phi) is 15.6. The van der Waals surface area contributed by atoms with E-state index in [-0.39, 0.29) is 42.4 Å². The van der Waals surface area contributed by atoms with Gasteiger partial charge in [-0.25, -0.2) is 43.0 Å². The molecule has 2 aromatic heterocycles. The quantitative estimate of drug-likeness (QED) is 0.0236. The number of ether oxygens (including phenoxy) is 3. The SMILES string of the molecule is CC[N+]1=c2cc3c(cc2CCC1)=Nc1cc2c(cc1O3)N(CCCC(=O)NCCNC(=O)O[C@H]1[C@@H](O)[C@H](n3cnc4c(N)ncnc43)O[C@@H]1COP(=O)(O)OP(=O)(O)NP(=O)(O)O)C(C)(C)CC2CS(=O)(=O)O. The Hall–Kier alpha value is -5.03. The summed E-state index contributed by atoms with van der Waals surface area (Å²) >= 11 is 0. The van der Waals surface area contributed by atoms with Gasteiger partial charge in [0.1, 0.15) is 48.2 Å². The van der Waals surface area contributed by atoms with Crippen LogP contribution < -0.4 is 46.2 Å². The number of phosphoric ester groups is 1. The Labute approximate surface area is 416 Å². The van der Waals surface area contributed by atoms with Gasteiger partial charge in [-0.2, -0.15) is 12.7 Å². The molecule has 29 nitrogen and oxygen atoms in total. The summed E-state index contributed by atoms with van der Waals surface area (Å²) in [5.41, 5.74) is 8.45. The third-order valence-electron chi connectivity index (χ3n) is 12.5. The molecule has 0 saturated carbocycles. The molecule has 0 aliphatic carbocycles. The fraction of sp³-hybridized carbons (Fsp3) is 0.525. The van der Waals surface area contributed by atoms with Crippen LogP contribution >= 0.6 is 23.3 Å². The maximum atomic E-state index is 13.1. The first kappa shape index (κ1) is 54.2. The van der Waals surface area contributed by atoms with E-state index >= 15 is 0 Å². The molecule has 398 valence electrons. The molecule has 0 spiro atoms. The van der Waals surface area contributed by atoms with Crippen LogP contribution in [0, 0.1) is 0 Å². The zero-order valence-corrected chi connectivity index (χ0v) is 42.9. The number of nitrogens with zero attached hydrogens (tertiary/aromatic N) is 7. The highest BCUT2D eigenvalue weighted by atomic mass is 32.2. The first-order valence-corrected chi connectivity index (χ1v) is 29.1. The second-order valence-electron chi connectivity index (χ2n) is 18.2. The van der Waals surface area contributed by atoms with Gasteiger partial charge in [0, 0.05) is 61.2 Å². The molecule has 0 radical (unpaired) electrons. The molecule has 33 heteroatoms. The molecule has 73 heavy (non-hydrogen) atoms. The molecule has 4 aromatic rings. The molecule has 2 amide bonds. The van der Waals surface area contributed by atoms with Crippen molar-refractivity contribution in [3.05, 3.63) is 58.8 Å². The summed E-state index contributed by atoms with van der Waals surface area (Å²) in [5.74, 6) is -0.407. The van der Waals surface area contributed by atoms with Crippen molar-refractivity contribution in [3.63, 3.8) is 0 Å². The Morgan fingerprint density at radius 3 is 2.52 bits per heavy atom. The molecule has 2 aromatic carbocycles. The van der Waals surface area contributed by atoms with Crippen molar-refractivity contribution in [1.82, 2.24) is 39.6 Å². The number of anilines is 2. The van der Waals surface area contributed by atoms with Crippen molar-refractivity contribution < 1.29 is 84.0 Å². The molecule has 8 rings (SSSR count). The van der Waals surface area contributed by atoms with E-state index in [9.17, 15) is 51.1 Å². The van der Waals surface area contributed by atoms with Gasteiger partial charge in [-0.1, -0.05) is 0 Å². The van der Waals surface area contributed by atoms with Gasteiger partial charge in [-0.3, -0.25) is 18.4 Å². The number of nitrogens with one attached hydrogen (secondary N) is 3. The van der Waals surface area contributed by atoms with Gasteiger partial charge in [0.25, 0.3) is 10.1 Å². The minimum Gasteiger partial charge on any atom is -0.452 e. The second-order valence-corrected chi connectivity index (χ2v) is 24.5. The number of amides is 2. The molecular formula is C40H55N11O18P3S+. The van der Waals surface area contributed by atoms with Crippen LogP contribution in [0.25, 0.3) is 11.2 Å². The Morgan fingerprint density at radius 2 is 1.79 bits per heavy atom. The first-order chi connectivity index (χ1) is 34.2. The monoisotopic (exact) mass is 1100 g/mol. The van der Waals surface area contributed by atoms with Crippen LogP contribution in [0.1, 0.15) is 69.7 Å². The van der Waals surface area contributed by atoms with Crippen LogP contribution in [0.4, 0.5) is 22.0 Å². The number of aromatic nitrogens is 4. The number of rotatable bonds is 19. The van der Waals surface area contributed by atoms with E-state index in [0.717, 1.165) is 42.5 Å². The van der Waals surface area contributed by atoms with Gasteiger partial charge in [0.15, 0.2) is 35.3 Å². The fourth-order valence-corrected chi connectivity index (χ4v) is 13.8. The van der Waals surface area contributed by atoms with Crippen molar-refractivity contribution in [1.29, 1.82) is 0 Å². The Bertz CT molecular complexity index is 3220. The van der Waals surface area contributed by atoms with Gasteiger partial charge in [0.05, 0.1) is 24.8 Å². The number of aliphatic hydroxyl groups excluding tert-OH is 1. The summed E-state index contributed by atoms with van der Waals surface area (Å²) in [4.78, 5) is 83.8. The van der Waals surface area contributed by atoms with Gasteiger partial charge >= 0.3 is 29.4 Å². The number of imidazole rings is 1. The summed E-state index contributed by atoms with van der Waals surface area (Å²) in [5, 5.41) is 18.2. The van der Waals surface area contributed by atoms with E-state index in [1.54, 1.807) is 0 Å². The minimum atomic E-state index is -5.65. The topological polar surface area (TPSA) is 411 Å². The number of phosphoric acid groups is 1. The van der Waals surface area contributed by atoms with E-state index in [0.29, 0.717) is 53.2 Å². The number of aryl methyl sites for hydroxylation is 1. The number of nitrogens with two attached hydrogens (primary N) is 1. The molecule has 1 saturated heterocycles. The number of benzene rings is 2. The Morgan fingerprint density at radius 1 is 1.04 bits per heavy atom. The molecule has 7 atom stereocenters. The number of aliphatic hydroxyl groups is 1. The summed E-state index contributed by atoms with van der Waals surface area (Å²) < 4.78 is 100. The average Bonchev–Trinajstić information content (AvgIpc) is 3.84. The first-order valence-electron chi connectivity index (χ1n) is 22.8. The lowest BCUT2D eigenvalue weighted by Crippen LogP contribution is -2.50. The smallest absolute Gasteiger partial charge is 0.452 e. The van der Waals surface area contributed by atoms with Crippen molar-refractivity contribution in [2.75, 3.05) is 55.7 Å². The summed E-state index contributed by atoms with van der Waals surface area (Å²) in [6.45, 7) is 6.76. The van der Waals surface area contributed by atoms with Gasteiger partial charge in [-0.05, 0) is 57.7 Å². The van der Waals surface area contributed by atoms with Crippen LogP contribution in [-0.2, 0) is 53.3 Å². The molecular weight excluding hydrogens is 1050 g/mol. The zero-order valence-electron chi connectivity index (χ0n) is 39.4.